The Morgan fingerprint density at radius 1 is 0.955 bits per heavy atom. The summed E-state index contributed by atoms with van der Waals surface area (Å²) in [6, 6.07) is 5.67. The van der Waals surface area contributed by atoms with E-state index in [2.05, 4.69) is 0 Å². The normalized spacial score (nSPS) is 11.0. The maximum atomic E-state index is 12.2. The van der Waals surface area contributed by atoms with Gasteiger partial charge in [-0.1, -0.05) is 0 Å². The summed E-state index contributed by atoms with van der Waals surface area (Å²) in [5.74, 6) is -0.354. The van der Waals surface area contributed by atoms with Gasteiger partial charge in [-0.2, -0.15) is 0 Å². The molecule has 0 unspecified atom stereocenters. The fourth-order valence-corrected chi connectivity index (χ4v) is 2.70. The molecule has 0 radical (unpaired) electrons. The van der Waals surface area contributed by atoms with Crippen molar-refractivity contribution in [1.29, 1.82) is 0 Å². The Bertz CT molecular complexity index is 543. The molecule has 0 aliphatic carbocycles. The minimum Gasteiger partial charge on any atom is -0.462 e. The van der Waals surface area contributed by atoms with Gasteiger partial charge in [0.2, 0.25) is 0 Å². The molecule has 0 aliphatic rings. The lowest BCUT2D eigenvalue weighted by atomic mass is 10.2. The van der Waals surface area contributed by atoms with Crippen LogP contribution < -0.4 is 4.74 Å². The zero-order valence-electron chi connectivity index (χ0n) is 12.7. The second-order valence-electron chi connectivity index (χ2n) is 3.95. The summed E-state index contributed by atoms with van der Waals surface area (Å²) in [7, 11) is -3.97. The van der Waals surface area contributed by atoms with Crippen molar-refractivity contribution in [2.45, 2.75) is 20.8 Å². The SMILES string of the molecule is CCOC(=O)c1ccc(OC(=O)P(=O)(OCC)OCC)cc1. The smallest absolute Gasteiger partial charge is 0.438 e. The summed E-state index contributed by atoms with van der Waals surface area (Å²) in [5, 5.41) is 0. The van der Waals surface area contributed by atoms with Crippen LogP contribution in [0.1, 0.15) is 31.1 Å². The number of carbonyl (C=O) groups is 2. The lowest BCUT2D eigenvalue weighted by molar-refractivity contribution is 0.0526. The third-order valence-corrected chi connectivity index (χ3v) is 4.13. The Balaban J connectivity index is 2.79. The average Bonchev–Trinajstić information content (AvgIpc) is 2.48. The fourth-order valence-electron chi connectivity index (χ4n) is 1.51. The molecule has 1 rings (SSSR count). The summed E-state index contributed by atoms with van der Waals surface area (Å²) in [6.07, 6.45) is 0. The predicted octanol–water partition coefficient (Wildman–Crippen LogP) is 3.63. The van der Waals surface area contributed by atoms with Crippen molar-refractivity contribution in [2.75, 3.05) is 19.8 Å². The molecule has 1 aromatic rings. The lowest BCUT2D eigenvalue weighted by Crippen LogP contribution is -2.12. The summed E-state index contributed by atoms with van der Waals surface area (Å²) in [5.41, 5.74) is -0.778. The summed E-state index contributed by atoms with van der Waals surface area (Å²) in [6.45, 7) is 5.25. The van der Waals surface area contributed by atoms with Crippen molar-refractivity contribution >= 4 is 19.3 Å². The number of ether oxygens (including phenoxy) is 2. The van der Waals surface area contributed by atoms with Crippen LogP contribution >= 0.6 is 7.60 Å². The van der Waals surface area contributed by atoms with E-state index in [4.69, 9.17) is 18.5 Å². The van der Waals surface area contributed by atoms with E-state index in [9.17, 15) is 14.2 Å². The molecule has 0 spiro atoms. The molecular formula is C14H19O7P. The van der Waals surface area contributed by atoms with Gasteiger partial charge in [0.15, 0.2) is 0 Å². The van der Waals surface area contributed by atoms with Gasteiger partial charge in [-0.25, -0.2) is 14.2 Å². The average molecular weight is 330 g/mol. The Hall–Kier alpha value is -1.69. The van der Waals surface area contributed by atoms with E-state index in [1.807, 2.05) is 0 Å². The van der Waals surface area contributed by atoms with Crippen LogP contribution in [0.15, 0.2) is 24.3 Å². The number of rotatable bonds is 8. The van der Waals surface area contributed by atoms with Crippen LogP contribution in [0.5, 0.6) is 5.75 Å². The Morgan fingerprint density at radius 2 is 1.50 bits per heavy atom. The van der Waals surface area contributed by atoms with Gasteiger partial charge in [-0.05, 0) is 45.0 Å². The quantitative estimate of drug-likeness (QED) is 0.531. The van der Waals surface area contributed by atoms with Gasteiger partial charge in [0.1, 0.15) is 5.75 Å². The molecule has 8 heteroatoms. The molecule has 122 valence electrons. The first-order valence-electron chi connectivity index (χ1n) is 6.85. The summed E-state index contributed by atoms with van der Waals surface area (Å²) >= 11 is 0. The van der Waals surface area contributed by atoms with Crippen molar-refractivity contribution < 1.29 is 32.7 Å². The standard InChI is InChI=1S/C14H19O7P/c1-4-18-13(15)11-7-9-12(10-8-11)21-14(16)22(17,19-5-2)20-6-3/h7-10H,4-6H2,1-3H3. The lowest BCUT2D eigenvalue weighted by Gasteiger charge is -2.15. The van der Waals surface area contributed by atoms with Crippen molar-refractivity contribution in [3.05, 3.63) is 29.8 Å². The van der Waals surface area contributed by atoms with Crippen LogP contribution in [0.25, 0.3) is 0 Å². The predicted molar refractivity (Wildman–Crippen MR) is 79.3 cm³/mol. The van der Waals surface area contributed by atoms with Gasteiger partial charge in [-0.3, -0.25) is 0 Å². The Morgan fingerprint density at radius 3 is 1.95 bits per heavy atom. The fraction of sp³-hybridized carbons (Fsp3) is 0.429. The molecule has 0 amide bonds. The van der Waals surface area contributed by atoms with E-state index < -0.39 is 19.3 Å². The number of carbonyl (C=O) groups excluding carboxylic acids is 2. The molecule has 0 aliphatic heterocycles. The maximum Gasteiger partial charge on any atom is 0.438 e. The van der Waals surface area contributed by atoms with E-state index in [-0.39, 0.29) is 25.6 Å². The minimum absolute atomic E-state index is 0.0498. The van der Waals surface area contributed by atoms with Crippen molar-refractivity contribution in [3.63, 3.8) is 0 Å². The van der Waals surface area contributed by atoms with E-state index >= 15 is 0 Å². The van der Waals surface area contributed by atoms with Crippen LogP contribution in [-0.2, 0) is 18.3 Å². The van der Waals surface area contributed by atoms with E-state index in [1.165, 1.54) is 24.3 Å². The van der Waals surface area contributed by atoms with Gasteiger partial charge < -0.3 is 18.5 Å². The van der Waals surface area contributed by atoms with Gasteiger partial charge in [0, 0.05) is 0 Å². The molecule has 0 bridgehead atoms. The number of hydrogen-bond donors (Lipinski definition) is 0. The topological polar surface area (TPSA) is 88.1 Å². The highest BCUT2D eigenvalue weighted by Crippen LogP contribution is 2.49. The van der Waals surface area contributed by atoms with Crippen LogP contribution in [0.2, 0.25) is 0 Å². The zero-order valence-corrected chi connectivity index (χ0v) is 13.6. The van der Waals surface area contributed by atoms with E-state index in [1.54, 1.807) is 20.8 Å². The number of benzene rings is 1. The van der Waals surface area contributed by atoms with Crippen molar-refractivity contribution in [1.82, 2.24) is 0 Å². The van der Waals surface area contributed by atoms with E-state index in [0.29, 0.717) is 5.56 Å². The van der Waals surface area contributed by atoms with Gasteiger partial charge >= 0.3 is 19.3 Å². The molecule has 0 saturated heterocycles. The maximum absolute atomic E-state index is 12.2. The molecule has 22 heavy (non-hydrogen) atoms. The molecule has 1 aromatic carbocycles. The van der Waals surface area contributed by atoms with Crippen LogP contribution in [0, 0.1) is 0 Å². The first kappa shape index (κ1) is 18.4. The molecule has 7 nitrogen and oxygen atoms in total. The first-order chi connectivity index (χ1) is 10.5. The van der Waals surface area contributed by atoms with Gasteiger partial charge in [0.05, 0.1) is 25.4 Å². The highest BCUT2D eigenvalue weighted by atomic mass is 31.2. The largest absolute Gasteiger partial charge is 0.462 e. The molecule has 0 atom stereocenters. The Kier molecular flexibility index (Phi) is 7.24. The second kappa shape index (κ2) is 8.68. The second-order valence-corrected chi connectivity index (χ2v) is 5.82. The molecule has 0 N–H and O–H groups in total. The summed E-state index contributed by atoms with van der Waals surface area (Å²) < 4.78 is 31.8. The first-order valence-corrected chi connectivity index (χ1v) is 8.39. The third-order valence-electron chi connectivity index (χ3n) is 2.39. The number of esters is 1. The summed E-state index contributed by atoms with van der Waals surface area (Å²) in [4.78, 5) is 23.4. The molecule has 0 heterocycles. The Labute approximate surface area is 129 Å². The zero-order chi connectivity index (χ0) is 16.6. The van der Waals surface area contributed by atoms with Gasteiger partial charge in [-0.15, -0.1) is 0 Å². The van der Waals surface area contributed by atoms with Gasteiger partial charge in [0.25, 0.3) is 0 Å². The van der Waals surface area contributed by atoms with Crippen LogP contribution in [-0.4, -0.2) is 31.5 Å². The minimum atomic E-state index is -3.97. The van der Waals surface area contributed by atoms with Crippen molar-refractivity contribution in [2.24, 2.45) is 0 Å². The third kappa shape index (κ3) is 4.94. The highest BCUT2D eigenvalue weighted by Gasteiger charge is 2.36. The molecule has 0 saturated carbocycles. The van der Waals surface area contributed by atoms with Crippen LogP contribution in [0.3, 0.4) is 0 Å². The molecule has 0 fully saturated rings. The van der Waals surface area contributed by atoms with Crippen LogP contribution in [0.4, 0.5) is 4.79 Å². The molecular weight excluding hydrogens is 311 g/mol. The monoisotopic (exact) mass is 330 g/mol. The van der Waals surface area contributed by atoms with Crippen molar-refractivity contribution in [3.8, 4) is 5.75 Å². The van der Waals surface area contributed by atoms with E-state index in [0.717, 1.165) is 0 Å². The highest BCUT2D eigenvalue weighted by molar-refractivity contribution is 7.71. The molecule has 0 aromatic heterocycles. The number of hydrogen-bond acceptors (Lipinski definition) is 7.